The molecule has 4 heteroatoms. The lowest BCUT2D eigenvalue weighted by Crippen LogP contribution is -2.39. The Labute approximate surface area is 116 Å². The van der Waals surface area contributed by atoms with Gasteiger partial charge in [-0.05, 0) is 32.6 Å². The molecule has 0 saturated carbocycles. The lowest BCUT2D eigenvalue weighted by Gasteiger charge is -2.25. The van der Waals surface area contributed by atoms with Gasteiger partial charge >= 0.3 is 0 Å². The summed E-state index contributed by atoms with van der Waals surface area (Å²) in [5, 5.41) is 0. The SMILES string of the molecule is CC1OC(C)C(C(=O)N(C)CCCCCCl)C1C. The number of carbonyl (C=O) groups is 1. The maximum Gasteiger partial charge on any atom is 0.228 e. The first-order chi connectivity index (χ1) is 8.49. The number of hydrogen-bond donors (Lipinski definition) is 0. The molecule has 3 nitrogen and oxygen atoms in total. The number of nitrogens with zero attached hydrogens (tertiary/aromatic N) is 1. The Morgan fingerprint density at radius 3 is 2.33 bits per heavy atom. The summed E-state index contributed by atoms with van der Waals surface area (Å²) in [6, 6.07) is 0. The van der Waals surface area contributed by atoms with E-state index in [0.29, 0.717) is 11.8 Å². The van der Waals surface area contributed by atoms with Gasteiger partial charge in [0.1, 0.15) is 0 Å². The van der Waals surface area contributed by atoms with Gasteiger partial charge in [-0.3, -0.25) is 4.79 Å². The molecule has 106 valence electrons. The number of halogens is 1. The lowest BCUT2D eigenvalue weighted by molar-refractivity contribution is -0.136. The quantitative estimate of drug-likeness (QED) is 0.551. The molecule has 1 amide bonds. The van der Waals surface area contributed by atoms with E-state index in [2.05, 4.69) is 13.8 Å². The average molecular weight is 276 g/mol. The normalized spacial score (nSPS) is 31.6. The van der Waals surface area contributed by atoms with Crippen molar-refractivity contribution in [1.82, 2.24) is 4.90 Å². The van der Waals surface area contributed by atoms with Crippen LogP contribution in [-0.4, -0.2) is 42.5 Å². The van der Waals surface area contributed by atoms with E-state index in [1.54, 1.807) is 0 Å². The second kappa shape index (κ2) is 7.34. The fourth-order valence-corrected chi connectivity index (χ4v) is 2.87. The number of ether oxygens (including phenoxy) is 1. The summed E-state index contributed by atoms with van der Waals surface area (Å²) in [7, 11) is 1.89. The maximum absolute atomic E-state index is 12.4. The van der Waals surface area contributed by atoms with E-state index >= 15 is 0 Å². The van der Waals surface area contributed by atoms with Crippen molar-refractivity contribution in [3.05, 3.63) is 0 Å². The molecule has 4 unspecified atom stereocenters. The highest BCUT2D eigenvalue weighted by molar-refractivity contribution is 6.17. The first-order valence-corrected chi connectivity index (χ1v) is 7.49. The summed E-state index contributed by atoms with van der Waals surface area (Å²) in [4.78, 5) is 14.2. The zero-order chi connectivity index (χ0) is 13.7. The number of rotatable bonds is 6. The van der Waals surface area contributed by atoms with Crippen LogP contribution in [0.25, 0.3) is 0 Å². The smallest absolute Gasteiger partial charge is 0.228 e. The van der Waals surface area contributed by atoms with E-state index in [-0.39, 0.29) is 24.0 Å². The molecule has 1 aliphatic rings. The number of amides is 1. The molecule has 0 N–H and O–H groups in total. The number of unbranched alkanes of at least 4 members (excludes halogenated alkanes) is 2. The van der Waals surface area contributed by atoms with Crippen molar-refractivity contribution in [2.24, 2.45) is 11.8 Å². The highest BCUT2D eigenvalue weighted by Crippen LogP contribution is 2.33. The van der Waals surface area contributed by atoms with E-state index in [1.807, 2.05) is 18.9 Å². The number of hydrogen-bond acceptors (Lipinski definition) is 2. The summed E-state index contributed by atoms with van der Waals surface area (Å²) in [5.74, 6) is 1.25. The van der Waals surface area contributed by atoms with E-state index in [4.69, 9.17) is 16.3 Å². The van der Waals surface area contributed by atoms with Gasteiger partial charge in [-0.15, -0.1) is 11.6 Å². The van der Waals surface area contributed by atoms with Gasteiger partial charge in [-0.1, -0.05) is 13.3 Å². The van der Waals surface area contributed by atoms with Crippen molar-refractivity contribution in [3.8, 4) is 0 Å². The predicted molar refractivity (Wildman–Crippen MR) is 74.9 cm³/mol. The molecule has 0 aromatic rings. The fourth-order valence-electron chi connectivity index (χ4n) is 2.68. The third kappa shape index (κ3) is 3.86. The van der Waals surface area contributed by atoms with Crippen LogP contribution in [0.5, 0.6) is 0 Å². The molecular weight excluding hydrogens is 250 g/mol. The molecule has 0 aromatic heterocycles. The second-order valence-electron chi connectivity index (χ2n) is 5.44. The summed E-state index contributed by atoms with van der Waals surface area (Å²) in [6.45, 7) is 6.98. The van der Waals surface area contributed by atoms with E-state index < -0.39 is 0 Å². The molecule has 1 saturated heterocycles. The molecule has 1 rings (SSSR count). The Hall–Kier alpha value is -0.280. The third-order valence-corrected chi connectivity index (χ3v) is 4.30. The number of carbonyl (C=O) groups excluding carboxylic acids is 1. The van der Waals surface area contributed by atoms with Crippen molar-refractivity contribution >= 4 is 17.5 Å². The van der Waals surface area contributed by atoms with Crippen molar-refractivity contribution in [2.75, 3.05) is 19.5 Å². The van der Waals surface area contributed by atoms with E-state index in [1.165, 1.54) is 0 Å². The maximum atomic E-state index is 12.4. The first-order valence-electron chi connectivity index (χ1n) is 6.95. The largest absolute Gasteiger partial charge is 0.374 e. The zero-order valence-electron chi connectivity index (χ0n) is 12.0. The molecule has 1 aliphatic heterocycles. The van der Waals surface area contributed by atoms with Gasteiger partial charge in [0.2, 0.25) is 5.91 Å². The van der Waals surface area contributed by atoms with Crippen LogP contribution >= 0.6 is 11.6 Å². The van der Waals surface area contributed by atoms with Crippen LogP contribution in [0.3, 0.4) is 0 Å². The summed E-state index contributed by atoms with van der Waals surface area (Å²) < 4.78 is 5.74. The Bertz CT molecular complexity index is 273. The molecule has 0 aliphatic carbocycles. The summed E-state index contributed by atoms with van der Waals surface area (Å²) in [6.07, 6.45) is 3.36. The fraction of sp³-hybridized carbons (Fsp3) is 0.929. The average Bonchev–Trinajstić information content (AvgIpc) is 2.58. The van der Waals surface area contributed by atoms with E-state index in [9.17, 15) is 4.79 Å². The van der Waals surface area contributed by atoms with Crippen LogP contribution in [0.2, 0.25) is 0 Å². The second-order valence-corrected chi connectivity index (χ2v) is 5.82. The highest BCUT2D eigenvalue weighted by atomic mass is 35.5. The standard InChI is InChI=1S/C14H26ClNO2/c1-10-11(2)18-12(3)13(10)14(17)16(4)9-7-5-6-8-15/h10-13H,5-9H2,1-4H3. The van der Waals surface area contributed by atoms with Crippen LogP contribution in [0.4, 0.5) is 0 Å². The van der Waals surface area contributed by atoms with Gasteiger partial charge in [0.15, 0.2) is 0 Å². The van der Waals surface area contributed by atoms with Gasteiger partial charge in [-0.25, -0.2) is 0 Å². The molecule has 4 atom stereocenters. The van der Waals surface area contributed by atoms with Crippen LogP contribution in [0, 0.1) is 11.8 Å². The molecule has 0 spiro atoms. The molecule has 0 aromatic carbocycles. The minimum Gasteiger partial charge on any atom is -0.374 e. The Morgan fingerprint density at radius 2 is 1.83 bits per heavy atom. The van der Waals surface area contributed by atoms with Crippen molar-refractivity contribution in [2.45, 2.75) is 52.2 Å². The minimum atomic E-state index is 0.0121. The topological polar surface area (TPSA) is 29.5 Å². The van der Waals surface area contributed by atoms with Crippen molar-refractivity contribution in [1.29, 1.82) is 0 Å². The molecule has 18 heavy (non-hydrogen) atoms. The first kappa shape index (κ1) is 15.8. The molecule has 0 radical (unpaired) electrons. The molecule has 1 fully saturated rings. The third-order valence-electron chi connectivity index (χ3n) is 4.03. The highest BCUT2D eigenvalue weighted by Gasteiger charge is 2.42. The Balaban J connectivity index is 2.43. The van der Waals surface area contributed by atoms with Crippen molar-refractivity contribution in [3.63, 3.8) is 0 Å². The molecular formula is C14H26ClNO2. The minimum absolute atomic E-state index is 0.0121. The lowest BCUT2D eigenvalue weighted by atomic mass is 9.88. The summed E-state index contributed by atoms with van der Waals surface area (Å²) >= 11 is 5.64. The zero-order valence-corrected chi connectivity index (χ0v) is 12.7. The molecule has 1 heterocycles. The van der Waals surface area contributed by atoms with Gasteiger partial charge in [0.05, 0.1) is 18.1 Å². The van der Waals surface area contributed by atoms with Crippen LogP contribution in [0.15, 0.2) is 0 Å². The monoisotopic (exact) mass is 275 g/mol. The van der Waals surface area contributed by atoms with Crippen LogP contribution < -0.4 is 0 Å². The van der Waals surface area contributed by atoms with Crippen LogP contribution in [-0.2, 0) is 9.53 Å². The number of alkyl halides is 1. The van der Waals surface area contributed by atoms with Crippen LogP contribution in [0.1, 0.15) is 40.0 Å². The van der Waals surface area contributed by atoms with Crippen molar-refractivity contribution < 1.29 is 9.53 Å². The van der Waals surface area contributed by atoms with Gasteiger partial charge in [0.25, 0.3) is 0 Å². The Morgan fingerprint density at radius 1 is 1.17 bits per heavy atom. The van der Waals surface area contributed by atoms with E-state index in [0.717, 1.165) is 25.8 Å². The van der Waals surface area contributed by atoms with Gasteiger partial charge in [-0.2, -0.15) is 0 Å². The molecule has 0 bridgehead atoms. The van der Waals surface area contributed by atoms with Gasteiger partial charge < -0.3 is 9.64 Å². The predicted octanol–water partition coefficient (Wildman–Crippen LogP) is 2.91. The van der Waals surface area contributed by atoms with Gasteiger partial charge in [0, 0.05) is 19.5 Å². The summed E-state index contributed by atoms with van der Waals surface area (Å²) in [5.41, 5.74) is 0. The Kier molecular flexibility index (Phi) is 6.44.